The number of hydrogen-bond acceptors (Lipinski definition) is 2. The molecule has 1 aromatic carbocycles. The number of likely N-dealkylation sites (tertiary alicyclic amines) is 1. The van der Waals surface area contributed by atoms with Crippen LogP contribution in [0.15, 0.2) is 12.1 Å². The Morgan fingerprint density at radius 1 is 1.22 bits per heavy atom. The third-order valence-corrected chi connectivity index (χ3v) is 6.35. The lowest BCUT2D eigenvalue weighted by Gasteiger charge is -2.36. The average molecular weight is 406 g/mol. The molecule has 0 bridgehead atoms. The van der Waals surface area contributed by atoms with Gasteiger partial charge < -0.3 is 10.0 Å². The number of nitrogens with zero attached hydrogens (tertiary/aromatic N) is 1. The van der Waals surface area contributed by atoms with Crippen LogP contribution in [-0.2, 0) is 17.4 Å². The van der Waals surface area contributed by atoms with Crippen LogP contribution in [0, 0.1) is 23.4 Å². The van der Waals surface area contributed by atoms with E-state index in [1.54, 1.807) is 20.8 Å². The first-order valence-electron chi connectivity index (χ1n) is 8.78. The molecule has 1 aliphatic rings. The molecule has 1 saturated heterocycles. The Hall–Kier alpha value is -1.61. The number of hydrogen-bond donors (Lipinski definition) is 2. The van der Waals surface area contributed by atoms with E-state index in [1.807, 2.05) is 0 Å². The minimum Gasteiger partial charge on any atom is -0.465 e. The molecule has 0 saturated carbocycles. The summed E-state index contributed by atoms with van der Waals surface area (Å²) in [5, 5.41) is 9.08. The van der Waals surface area contributed by atoms with Crippen molar-refractivity contribution in [2.45, 2.75) is 50.8 Å². The fraction of sp³-hybridized carbons (Fsp3) is 0.611. The van der Waals surface area contributed by atoms with Crippen LogP contribution in [0.2, 0.25) is 0 Å². The summed E-state index contributed by atoms with van der Waals surface area (Å²) in [6, 6.07) is 0.877. The summed E-state index contributed by atoms with van der Waals surface area (Å²) in [4.78, 5) is 12.4. The fourth-order valence-corrected chi connectivity index (χ4v) is 3.97. The van der Waals surface area contributed by atoms with Gasteiger partial charge in [0.05, 0.1) is 15.7 Å². The second-order valence-corrected chi connectivity index (χ2v) is 9.77. The maximum Gasteiger partial charge on any atom is 0.407 e. The molecule has 1 fully saturated rings. The molecular weight excluding hydrogens is 381 g/mol. The Kier molecular flexibility index (Phi) is 6.91. The molecule has 152 valence electrons. The van der Waals surface area contributed by atoms with Crippen molar-refractivity contribution in [2.75, 3.05) is 13.1 Å². The highest BCUT2D eigenvalue weighted by molar-refractivity contribution is 7.84. The molecule has 0 aromatic heterocycles. The minimum atomic E-state index is -1.45. The summed E-state index contributed by atoms with van der Waals surface area (Å²) >= 11 is 0. The Labute approximate surface area is 159 Å². The zero-order valence-corrected chi connectivity index (χ0v) is 16.4. The first kappa shape index (κ1) is 21.7. The van der Waals surface area contributed by atoms with Gasteiger partial charge in [-0.1, -0.05) is 0 Å². The van der Waals surface area contributed by atoms with Crippen molar-refractivity contribution >= 4 is 17.1 Å². The molecule has 2 N–H and O–H groups in total. The SMILES string of the molecule is CC(C)(C)S(=O)N[C@H](Cc1cc(F)c(F)cc1F)C1CCN(C(=O)O)CC1. The number of carbonyl (C=O) groups is 1. The highest BCUT2D eigenvalue weighted by atomic mass is 32.2. The molecule has 1 unspecified atom stereocenters. The summed E-state index contributed by atoms with van der Waals surface area (Å²) in [6.45, 7) is 6.01. The normalized spacial score (nSPS) is 18.4. The number of carboxylic acid groups (broad SMARTS) is 1. The van der Waals surface area contributed by atoms with Gasteiger partial charge in [0.1, 0.15) is 5.82 Å². The molecule has 5 nitrogen and oxygen atoms in total. The van der Waals surface area contributed by atoms with Crippen LogP contribution in [0.4, 0.5) is 18.0 Å². The topological polar surface area (TPSA) is 69.6 Å². The fourth-order valence-electron chi connectivity index (χ4n) is 3.07. The van der Waals surface area contributed by atoms with Crippen LogP contribution in [0.1, 0.15) is 39.2 Å². The largest absolute Gasteiger partial charge is 0.465 e. The van der Waals surface area contributed by atoms with Crippen LogP contribution in [0.3, 0.4) is 0 Å². The van der Waals surface area contributed by atoms with Gasteiger partial charge in [0.25, 0.3) is 0 Å². The highest BCUT2D eigenvalue weighted by Gasteiger charge is 2.32. The predicted molar refractivity (Wildman–Crippen MR) is 97.2 cm³/mol. The minimum absolute atomic E-state index is 0.00188. The summed E-state index contributed by atoms with van der Waals surface area (Å²) in [5.74, 6) is -3.32. The molecule has 1 aromatic rings. The second kappa shape index (κ2) is 8.60. The molecule has 27 heavy (non-hydrogen) atoms. The van der Waals surface area contributed by atoms with E-state index in [0.717, 1.165) is 6.07 Å². The summed E-state index contributed by atoms with van der Waals surface area (Å²) in [7, 11) is -1.45. The third kappa shape index (κ3) is 5.68. The van der Waals surface area contributed by atoms with Gasteiger partial charge in [0.15, 0.2) is 11.6 Å². The van der Waals surface area contributed by atoms with E-state index >= 15 is 0 Å². The van der Waals surface area contributed by atoms with Gasteiger partial charge in [-0.05, 0) is 57.6 Å². The summed E-state index contributed by atoms with van der Waals surface area (Å²) < 4.78 is 55.8. The van der Waals surface area contributed by atoms with E-state index in [-0.39, 0.29) is 17.9 Å². The van der Waals surface area contributed by atoms with Gasteiger partial charge in [-0.3, -0.25) is 0 Å². The van der Waals surface area contributed by atoms with Gasteiger partial charge in [-0.25, -0.2) is 26.9 Å². The van der Waals surface area contributed by atoms with Crippen molar-refractivity contribution in [1.82, 2.24) is 9.62 Å². The monoisotopic (exact) mass is 406 g/mol. The zero-order chi connectivity index (χ0) is 20.4. The molecule has 1 amide bonds. The molecule has 1 heterocycles. The molecule has 2 rings (SSSR count). The second-order valence-electron chi connectivity index (χ2n) is 7.77. The number of amides is 1. The number of halogens is 3. The highest BCUT2D eigenvalue weighted by Crippen LogP contribution is 2.26. The van der Waals surface area contributed by atoms with Crippen LogP contribution >= 0.6 is 0 Å². The van der Waals surface area contributed by atoms with Crippen LogP contribution in [0.5, 0.6) is 0 Å². The van der Waals surface area contributed by atoms with Crippen molar-refractivity contribution in [3.8, 4) is 0 Å². The molecule has 0 radical (unpaired) electrons. The van der Waals surface area contributed by atoms with E-state index in [2.05, 4.69) is 4.72 Å². The first-order chi connectivity index (χ1) is 12.5. The first-order valence-corrected chi connectivity index (χ1v) is 9.93. The molecule has 0 spiro atoms. The van der Waals surface area contributed by atoms with Crippen LogP contribution in [0.25, 0.3) is 0 Å². The number of nitrogens with one attached hydrogen (secondary N) is 1. The van der Waals surface area contributed by atoms with Gasteiger partial charge in [-0.2, -0.15) is 0 Å². The van der Waals surface area contributed by atoms with Gasteiger partial charge in [0.2, 0.25) is 0 Å². The standard InChI is InChI=1S/C18H25F3N2O3S/c1-18(2,3)27(26)22-16(11-4-6-23(7-5-11)17(24)25)9-12-8-14(20)15(21)10-13(12)19/h8,10-11,16,22H,4-7,9H2,1-3H3,(H,24,25)/t16-,27?/m1/s1. The van der Waals surface area contributed by atoms with Crippen molar-refractivity contribution in [1.29, 1.82) is 0 Å². The van der Waals surface area contributed by atoms with Crippen molar-refractivity contribution in [3.05, 3.63) is 35.1 Å². The van der Waals surface area contributed by atoms with E-state index in [9.17, 15) is 22.2 Å². The maximum atomic E-state index is 14.1. The maximum absolute atomic E-state index is 14.1. The molecule has 1 aliphatic heterocycles. The number of rotatable bonds is 5. The molecule has 9 heteroatoms. The summed E-state index contributed by atoms with van der Waals surface area (Å²) in [6.07, 6.45) is 0.0541. The van der Waals surface area contributed by atoms with E-state index in [0.29, 0.717) is 32.0 Å². The zero-order valence-electron chi connectivity index (χ0n) is 15.6. The molecular formula is C18H25F3N2O3S. The number of piperidine rings is 1. The number of benzene rings is 1. The molecule has 2 atom stereocenters. The van der Waals surface area contributed by atoms with Crippen molar-refractivity contribution < 1.29 is 27.3 Å². The van der Waals surface area contributed by atoms with Crippen LogP contribution in [-0.4, -0.2) is 44.2 Å². The van der Waals surface area contributed by atoms with Gasteiger partial charge >= 0.3 is 6.09 Å². The quantitative estimate of drug-likeness (QED) is 0.736. The lowest BCUT2D eigenvalue weighted by molar-refractivity contribution is 0.118. The van der Waals surface area contributed by atoms with E-state index in [4.69, 9.17) is 5.11 Å². The summed E-state index contributed by atoms with van der Waals surface area (Å²) in [5.41, 5.74) is -0.00188. The third-order valence-electron chi connectivity index (χ3n) is 4.72. The van der Waals surface area contributed by atoms with E-state index < -0.39 is 45.3 Å². The average Bonchev–Trinajstić information content (AvgIpc) is 2.58. The van der Waals surface area contributed by atoms with E-state index in [1.165, 1.54) is 4.90 Å². The lowest BCUT2D eigenvalue weighted by atomic mass is 9.86. The smallest absolute Gasteiger partial charge is 0.407 e. The molecule has 0 aliphatic carbocycles. The Balaban J connectivity index is 2.21. The Bertz CT molecular complexity index is 717. The predicted octanol–water partition coefficient (Wildman–Crippen LogP) is 3.46. The van der Waals surface area contributed by atoms with Crippen molar-refractivity contribution in [2.24, 2.45) is 5.92 Å². The van der Waals surface area contributed by atoms with Crippen molar-refractivity contribution in [3.63, 3.8) is 0 Å². The van der Waals surface area contributed by atoms with Gasteiger partial charge in [-0.15, -0.1) is 0 Å². The van der Waals surface area contributed by atoms with Gasteiger partial charge in [0, 0.05) is 25.2 Å². The lowest BCUT2D eigenvalue weighted by Crippen LogP contribution is -2.48. The Morgan fingerprint density at radius 2 is 1.78 bits per heavy atom. The van der Waals surface area contributed by atoms with Crippen LogP contribution < -0.4 is 4.72 Å². The Morgan fingerprint density at radius 3 is 2.30 bits per heavy atom.